The molecule has 0 saturated carbocycles. The van der Waals surface area contributed by atoms with Gasteiger partial charge in [0.25, 0.3) is 13.7 Å². The highest BCUT2D eigenvalue weighted by molar-refractivity contribution is 7.45. The van der Waals surface area contributed by atoms with Crippen molar-refractivity contribution in [2.24, 2.45) is 0 Å². The number of quaternary nitrogens is 1. The van der Waals surface area contributed by atoms with E-state index in [0.717, 1.165) is 25.5 Å². The molecule has 0 aromatic carbocycles. The molecule has 34 heavy (non-hydrogen) atoms. The van der Waals surface area contributed by atoms with E-state index in [0.29, 0.717) is 6.42 Å². The zero-order chi connectivity index (χ0) is 25.1. The Morgan fingerprint density at radius 2 is 1.26 bits per heavy atom. The highest BCUT2D eigenvalue weighted by atomic mass is 31.2. The van der Waals surface area contributed by atoms with Crippen molar-refractivity contribution in [3.05, 3.63) is 12.0 Å². The van der Waals surface area contributed by atoms with Crippen LogP contribution in [-0.4, -0.2) is 31.7 Å². The first-order valence-corrected chi connectivity index (χ1v) is 14.5. The van der Waals surface area contributed by atoms with Crippen molar-refractivity contribution in [2.75, 3.05) is 19.8 Å². The number of imide groups is 1. The molecule has 1 aliphatic rings. The zero-order valence-corrected chi connectivity index (χ0v) is 21.7. The molecule has 0 aromatic rings. The second-order valence-corrected chi connectivity index (χ2v) is 10.4. The van der Waals surface area contributed by atoms with Crippen molar-refractivity contribution in [2.45, 2.75) is 110 Å². The summed E-state index contributed by atoms with van der Waals surface area (Å²) in [7, 11) is -4.47. The number of amides is 3. The van der Waals surface area contributed by atoms with Gasteiger partial charge in [0.05, 0.1) is 6.61 Å². The fourth-order valence-electron chi connectivity index (χ4n) is 3.84. The number of carbonyl (C=O) groups excluding carboxylic acids is 2. The fourth-order valence-corrected chi connectivity index (χ4v) is 4.59. The average Bonchev–Trinajstić information content (AvgIpc) is 2.79. The van der Waals surface area contributed by atoms with Gasteiger partial charge in [-0.15, -0.1) is 0 Å². The summed E-state index contributed by atoms with van der Waals surface area (Å²) in [5.41, 5.74) is 0. The molecule has 8 nitrogen and oxygen atoms in total. The van der Waals surface area contributed by atoms with Gasteiger partial charge in [-0.3, -0.25) is 9.36 Å². The van der Waals surface area contributed by atoms with E-state index in [1.54, 1.807) is 0 Å². The van der Waals surface area contributed by atoms with E-state index < -0.39 is 25.6 Å². The van der Waals surface area contributed by atoms with Crippen molar-refractivity contribution < 1.29 is 37.4 Å². The quantitative estimate of drug-likeness (QED) is 0.163. The first-order chi connectivity index (χ1) is 16.4. The smallest absolute Gasteiger partial charge is 0.426 e. The number of carbonyl (C=O) groups is 2. The third-order valence-corrected chi connectivity index (χ3v) is 6.90. The Labute approximate surface area is 204 Å². The van der Waals surface area contributed by atoms with Crippen molar-refractivity contribution in [3.8, 4) is 0 Å². The molecule has 0 spiro atoms. The minimum atomic E-state index is -4.47. The Bertz CT molecular complexity index is 661. The van der Waals surface area contributed by atoms with Gasteiger partial charge in [0.15, 0.2) is 0 Å². The second kappa shape index (κ2) is 19.1. The molecule has 198 valence electrons. The predicted molar refractivity (Wildman–Crippen MR) is 128 cm³/mol. The molecule has 2 unspecified atom stereocenters. The molecule has 0 saturated heterocycles. The molecule has 0 radical (unpaired) electrons. The summed E-state index contributed by atoms with van der Waals surface area (Å²) >= 11 is 0. The topological polar surface area (TPSA) is 109 Å². The minimum Gasteiger partial charge on any atom is -0.756 e. The number of unbranched alkanes of at least 4 members (excludes halogenated alkanes) is 15. The molecule has 0 aromatic heterocycles. The molecule has 0 bridgehead atoms. The number of halogens is 1. The van der Waals surface area contributed by atoms with Crippen LogP contribution in [0.4, 0.5) is 9.18 Å². The number of nitrogens with one attached hydrogen (secondary N) is 2. The van der Waals surface area contributed by atoms with Crippen molar-refractivity contribution >= 4 is 19.8 Å². The molecule has 1 rings (SSSR count). The van der Waals surface area contributed by atoms with Gasteiger partial charge in [-0.1, -0.05) is 103 Å². The molecular weight excluding hydrogens is 462 g/mol. The number of urea groups is 1. The van der Waals surface area contributed by atoms with Crippen molar-refractivity contribution in [1.29, 1.82) is 0 Å². The second-order valence-electron chi connectivity index (χ2n) is 8.97. The molecule has 10 heteroatoms. The van der Waals surface area contributed by atoms with Gasteiger partial charge >= 0.3 is 6.03 Å². The number of hydrogen-bond acceptors (Lipinski definition) is 6. The number of rotatable bonds is 22. The molecule has 0 fully saturated rings. The van der Waals surface area contributed by atoms with Crippen LogP contribution in [0.1, 0.15) is 110 Å². The standard InChI is InChI=1S/C24H44FN2O6P/c1-2-3-4-5-6-7-8-9-10-11-12-13-14-15-16-17-19-32-34(30,31)33-20-18-27-21-22(25)23(28)26-24(27)29/h21H,2-20H2,1H3,(H,30,31)(H,26,28,29). The Balaban J connectivity index is 1.90. The zero-order valence-electron chi connectivity index (χ0n) is 20.8. The highest BCUT2D eigenvalue weighted by Gasteiger charge is 2.30. The summed E-state index contributed by atoms with van der Waals surface area (Å²) in [4.78, 5) is 34.2. The Hall–Kier alpha value is -1.12. The number of phosphoric acid groups is 1. The molecule has 1 heterocycles. The summed E-state index contributed by atoms with van der Waals surface area (Å²) in [6.07, 6.45) is 20.6. The number of hydrogen-bond donors (Lipinski definition) is 2. The summed E-state index contributed by atoms with van der Waals surface area (Å²) < 4.78 is 34.5. The normalized spacial score (nSPS) is 18.0. The SMILES string of the molecule is CCCCCCCCCCCCCCCCCCOP(=O)([O-])OCC[NH+]1C=C(F)C(=O)NC1=O. The largest absolute Gasteiger partial charge is 0.756 e. The monoisotopic (exact) mass is 506 g/mol. The van der Waals surface area contributed by atoms with E-state index in [4.69, 9.17) is 9.05 Å². The van der Waals surface area contributed by atoms with E-state index in [-0.39, 0.29) is 24.7 Å². The van der Waals surface area contributed by atoms with Crippen LogP contribution in [0.5, 0.6) is 0 Å². The van der Waals surface area contributed by atoms with Crippen LogP contribution >= 0.6 is 7.82 Å². The van der Waals surface area contributed by atoms with Gasteiger partial charge in [-0.2, -0.15) is 4.39 Å². The van der Waals surface area contributed by atoms with Crippen molar-refractivity contribution in [3.63, 3.8) is 0 Å². The summed E-state index contributed by atoms with van der Waals surface area (Å²) in [5, 5.41) is 1.82. The summed E-state index contributed by atoms with van der Waals surface area (Å²) in [6.45, 7) is 1.79. The van der Waals surface area contributed by atoms with Gasteiger partial charge < -0.3 is 13.9 Å². The van der Waals surface area contributed by atoms with E-state index in [2.05, 4.69) is 6.92 Å². The molecule has 3 amide bonds. The highest BCUT2D eigenvalue weighted by Crippen LogP contribution is 2.38. The van der Waals surface area contributed by atoms with Crippen LogP contribution < -0.4 is 15.1 Å². The van der Waals surface area contributed by atoms with Crippen LogP contribution in [0, 0.1) is 0 Å². The maximum atomic E-state index is 13.2. The first-order valence-electron chi connectivity index (χ1n) is 13.0. The third-order valence-electron chi connectivity index (χ3n) is 5.90. The lowest BCUT2D eigenvalue weighted by molar-refractivity contribution is -0.760. The maximum Gasteiger partial charge on any atom is 0.426 e. The lowest BCUT2D eigenvalue weighted by atomic mass is 10.0. The van der Waals surface area contributed by atoms with Crippen LogP contribution in [0.25, 0.3) is 0 Å². The first kappa shape index (κ1) is 30.9. The van der Waals surface area contributed by atoms with E-state index >= 15 is 0 Å². The van der Waals surface area contributed by atoms with Gasteiger partial charge in [-0.25, -0.2) is 15.0 Å². The Kier molecular flexibility index (Phi) is 17.4. The van der Waals surface area contributed by atoms with Crippen LogP contribution in [0.2, 0.25) is 0 Å². The fraction of sp³-hybridized carbons (Fsp3) is 0.833. The van der Waals surface area contributed by atoms with Crippen LogP contribution in [-0.2, 0) is 18.4 Å². The minimum absolute atomic E-state index is 0.0549. The van der Waals surface area contributed by atoms with Crippen molar-refractivity contribution in [1.82, 2.24) is 5.32 Å². The van der Waals surface area contributed by atoms with Gasteiger partial charge in [0, 0.05) is 0 Å². The Morgan fingerprint density at radius 3 is 1.76 bits per heavy atom. The summed E-state index contributed by atoms with van der Waals surface area (Å²) in [5.74, 6) is -2.20. The predicted octanol–water partition coefficient (Wildman–Crippen LogP) is 4.70. The molecule has 2 N–H and O–H groups in total. The Morgan fingerprint density at radius 1 is 0.824 bits per heavy atom. The van der Waals surface area contributed by atoms with Gasteiger partial charge in [-0.05, 0) is 6.42 Å². The summed E-state index contributed by atoms with van der Waals surface area (Å²) in [6, 6.07) is -0.759. The third kappa shape index (κ3) is 15.7. The van der Waals surface area contributed by atoms with E-state index in [9.17, 15) is 23.4 Å². The lowest BCUT2D eigenvalue weighted by Gasteiger charge is -2.23. The molecule has 0 aliphatic carbocycles. The van der Waals surface area contributed by atoms with Crippen LogP contribution in [0.3, 0.4) is 0 Å². The van der Waals surface area contributed by atoms with Crippen LogP contribution in [0.15, 0.2) is 12.0 Å². The van der Waals surface area contributed by atoms with Gasteiger partial charge in [0.2, 0.25) is 5.83 Å². The van der Waals surface area contributed by atoms with E-state index in [1.165, 1.54) is 77.0 Å². The lowest BCUT2D eigenvalue weighted by Crippen LogP contribution is -3.13. The maximum absolute atomic E-state index is 13.2. The molecular formula is C24H44FN2O6P. The van der Waals surface area contributed by atoms with Gasteiger partial charge in [0.1, 0.15) is 19.4 Å². The van der Waals surface area contributed by atoms with E-state index in [1.807, 2.05) is 5.32 Å². The molecule has 1 aliphatic heterocycles. The molecule has 2 atom stereocenters. The average molecular weight is 507 g/mol. The number of phosphoric ester groups is 1.